The van der Waals surface area contributed by atoms with Crippen molar-refractivity contribution in [3.63, 3.8) is 0 Å². The Bertz CT molecular complexity index is 447. The minimum atomic E-state index is 0.869. The number of aryl methyl sites for hydroxylation is 1. The molecule has 0 unspecified atom stereocenters. The number of rotatable bonds is 1. The average molecular weight is 193 g/mol. The molecule has 1 heterocycles. The summed E-state index contributed by atoms with van der Waals surface area (Å²) >= 11 is 4.38. The van der Waals surface area contributed by atoms with Gasteiger partial charge in [0.15, 0.2) is 0 Å². The molecule has 2 nitrogen and oxygen atoms in total. The standard InChI is InChI=1S/C10H11NOS/c1-11-6-10(13)8-5-7(12-2)3-4-9(8)11/h3-6,13H,1-2H3. The second-order valence-corrected chi connectivity index (χ2v) is 3.49. The van der Waals surface area contributed by atoms with Gasteiger partial charge in [-0.3, -0.25) is 0 Å². The summed E-state index contributed by atoms with van der Waals surface area (Å²) in [5.41, 5.74) is 1.17. The number of fused-ring (bicyclic) bond motifs is 1. The molecule has 0 amide bonds. The van der Waals surface area contributed by atoms with Crippen LogP contribution in [0, 0.1) is 0 Å². The molecule has 0 aliphatic heterocycles. The largest absolute Gasteiger partial charge is 0.497 e. The van der Waals surface area contributed by atoms with Crippen molar-refractivity contribution in [1.82, 2.24) is 4.57 Å². The summed E-state index contributed by atoms with van der Waals surface area (Å²) in [7, 11) is 3.68. The Morgan fingerprint density at radius 1 is 1.38 bits per heavy atom. The zero-order valence-corrected chi connectivity index (χ0v) is 8.51. The maximum atomic E-state index is 5.14. The third-order valence-electron chi connectivity index (χ3n) is 2.18. The van der Waals surface area contributed by atoms with Crippen molar-refractivity contribution in [2.24, 2.45) is 7.05 Å². The normalized spacial score (nSPS) is 10.7. The van der Waals surface area contributed by atoms with E-state index in [1.54, 1.807) is 7.11 Å². The number of hydrogen-bond donors (Lipinski definition) is 1. The van der Waals surface area contributed by atoms with Gasteiger partial charge in [-0.1, -0.05) is 0 Å². The SMILES string of the molecule is COc1ccc2c(c1)c(S)cn2C. The number of thiol groups is 1. The van der Waals surface area contributed by atoms with E-state index >= 15 is 0 Å². The molecule has 0 radical (unpaired) electrons. The first-order valence-electron chi connectivity index (χ1n) is 4.04. The highest BCUT2D eigenvalue weighted by Gasteiger charge is 2.03. The zero-order chi connectivity index (χ0) is 9.42. The van der Waals surface area contributed by atoms with Gasteiger partial charge in [-0.2, -0.15) is 0 Å². The van der Waals surface area contributed by atoms with Crippen LogP contribution in [0.4, 0.5) is 0 Å². The first kappa shape index (κ1) is 8.51. The Hall–Kier alpha value is -1.09. The molecule has 0 fully saturated rings. The van der Waals surface area contributed by atoms with Crippen LogP contribution in [0.15, 0.2) is 29.3 Å². The molecule has 68 valence electrons. The fourth-order valence-electron chi connectivity index (χ4n) is 1.48. The van der Waals surface area contributed by atoms with Gasteiger partial charge in [0.25, 0.3) is 0 Å². The highest BCUT2D eigenvalue weighted by Crippen LogP contribution is 2.27. The van der Waals surface area contributed by atoms with E-state index in [0.29, 0.717) is 0 Å². The van der Waals surface area contributed by atoms with E-state index in [2.05, 4.69) is 17.2 Å². The van der Waals surface area contributed by atoms with Crippen LogP contribution in [0.1, 0.15) is 0 Å². The fraction of sp³-hybridized carbons (Fsp3) is 0.200. The van der Waals surface area contributed by atoms with Crippen molar-refractivity contribution in [2.45, 2.75) is 4.90 Å². The molecule has 2 rings (SSSR count). The van der Waals surface area contributed by atoms with E-state index in [-0.39, 0.29) is 0 Å². The number of aromatic nitrogens is 1. The molecular formula is C10H11NOS. The highest BCUT2D eigenvalue weighted by atomic mass is 32.1. The van der Waals surface area contributed by atoms with E-state index in [9.17, 15) is 0 Å². The summed E-state index contributed by atoms with van der Waals surface area (Å²) in [6.07, 6.45) is 1.99. The van der Waals surface area contributed by atoms with Crippen molar-refractivity contribution >= 4 is 23.5 Å². The van der Waals surface area contributed by atoms with Gasteiger partial charge < -0.3 is 9.30 Å². The Balaban J connectivity index is 2.76. The first-order valence-corrected chi connectivity index (χ1v) is 4.49. The molecule has 0 saturated heterocycles. The molecular weight excluding hydrogens is 182 g/mol. The minimum absolute atomic E-state index is 0.869. The molecule has 0 N–H and O–H groups in total. The van der Waals surface area contributed by atoms with Gasteiger partial charge in [0.1, 0.15) is 5.75 Å². The minimum Gasteiger partial charge on any atom is -0.497 e. The Morgan fingerprint density at radius 2 is 2.15 bits per heavy atom. The maximum absolute atomic E-state index is 5.14. The van der Waals surface area contributed by atoms with Crippen molar-refractivity contribution in [3.05, 3.63) is 24.4 Å². The summed E-state index contributed by atoms with van der Waals surface area (Å²) in [4.78, 5) is 0.983. The number of methoxy groups -OCH3 is 1. The summed E-state index contributed by atoms with van der Waals surface area (Å²) in [5.74, 6) is 0.869. The lowest BCUT2D eigenvalue weighted by atomic mass is 10.2. The molecule has 1 aromatic heterocycles. The van der Waals surface area contributed by atoms with Crippen LogP contribution in [0.3, 0.4) is 0 Å². The Kier molecular flexibility index (Phi) is 1.96. The van der Waals surface area contributed by atoms with Gasteiger partial charge >= 0.3 is 0 Å². The predicted octanol–water partition coefficient (Wildman–Crippen LogP) is 2.48. The van der Waals surface area contributed by atoms with E-state index < -0.39 is 0 Å². The molecule has 0 saturated carbocycles. The van der Waals surface area contributed by atoms with E-state index in [1.165, 1.54) is 5.52 Å². The van der Waals surface area contributed by atoms with Crippen molar-refractivity contribution in [3.8, 4) is 5.75 Å². The average Bonchev–Trinajstić information content (AvgIpc) is 2.42. The third kappa shape index (κ3) is 1.29. The topological polar surface area (TPSA) is 14.2 Å². The van der Waals surface area contributed by atoms with Gasteiger partial charge in [0.2, 0.25) is 0 Å². The van der Waals surface area contributed by atoms with Crippen LogP contribution in [0.5, 0.6) is 5.75 Å². The Morgan fingerprint density at radius 3 is 2.85 bits per heavy atom. The van der Waals surface area contributed by atoms with Crippen LogP contribution >= 0.6 is 12.6 Å². The van der Waals surface area contributed by atoms with Gasteiger partial charge in [-0.25, -0.2) is 0 Å². The third-order valence-corrected chi connectivity index (χ3v) is 2.53. The molecule has 0 aliphatic carbocycles. The predicted molar refractivity (Wildman–Crippen MR) is 56.7 cm³/mol. The lowest BCUT2D eigenvalue weighted by Crippen LogP contribution is -1.84. The lowest BCUT2D eigenvalue weighted by molar-refractivity contribution is 0.415. The quantitative estimate of drug-likeness (QED) is 0.687. The number of ether oxygens (including phenoxy) is 1. The molecule has 1 aromatic carbocycles. The Labute approximate surface area is 82.5 Å². The van der Waals surface area contributed by atoms with Gasteiger partial charge in [0, 0.05) is 29.0 Å². The second kappa shape index (κ2) is 3.00. The lowest BCUT2D eigenvalue weighted by Gasteiger charge is -2.00. The molecule has 0 aliphatic rings. The van der Waals surface area contributed by atoms with E-state index in [0.717, 1.165) is 16.0 Å². The van der Waals surface area contributed by atoms with E-state index in [4.69, 9.17) is 4.74 Å². The maximum Gasteiger partial charge on any atom is 0.119 e. The van der Waals surface area contributed by atoms with Crippen LogP contribution in [-0.2, 0) is 7.05 Å². The van der Waals surface area contributed by atoms with Crippen LogP contribution in [0.2, 0.25) is 0 Å². The van der Waals surface area contributed by atoms with Crippen LogP contribution < -0.4 is 4.74 Å². The summed E-state index contributed by atoms with van der Waals surface area (Å²) in [6.45, 7) is 0. The van der Waals surface area contributed by atoms with E-state index in [1.807, 2.05) is 31.4 Å². The van der Waals surface area contributed by atoms with Crippen molar-refractivity contribution in [1.29, 1.82) is 0 Å². The molecule has 0 atom stereocenters. The first-order chi connectivity index (χ1) is 6.22. The molecule has 3 heteroatoms. The molecule has 0 bridgehead atoms. The zero-order valence-electron chi connectivity index (χ0n) is 7.61. The molecule has 13 heavy (non-hydrogen) atoms. The summed E-state index contributed by atoms with van der Waals surface area (Å²) < 4.78 is 7.20. The van der Waals surface area contributed by atoms with Crippen LogP contribution in [0.25, 0.3) is 10.9 Å². The number of nitrogens with zero attached hydrogens (tertiary/aromatic N) is 1. The smallest absolute Gasteiger partial charge is 0.119 e. The number of benzene rings is 1. The summed E-state index contributed by atoms with van der Waals surface area (Å²) in [6, 6.07) is 5.99. The highest BCUT2D eigenvalue weighted by molar-refractivity contribution is 7.80. The second-order valence-electron chi connectivity index (χ2n) is 3.01. The van der Waals surface area contributed by atoms with Crippen molar-refractivity contribution in [2.75, 3.05) is 7.11 Å². The molecule has 0 spiro atoms. The monoisotopic (exact) mass is 193 g/mol. The van der Waals surface area contributed by atoms with Crippen LogP contribution in [-0.4, -0.2) is 11.7 Å². The number of hydrogen-bond acceptors (Lipinski definition) is 2. The van der Waals surface area contributed by atoms with Gasteiger partial charge in [-0.15, -0.1) is 12.6 Å². The fourth-order valence-corrected chi connectivity index (χ4v) is 1.83. The van der Waals surface area contributed by atoms with Gasteiger partial charge in [-0.05, 0) is 18.2 Å². The summed E-state index contributed by atoms with van der Waals surface area (Å²) in [5, 5.41) is 1.13. The molecule has 2 aromatic rings. The van der Waals surface area contributed by atoms with Crippen molar-refractivity contribution < 1.29 is 4.74 Å². The van der Waals surface area contributed by atoms with Gasteiger partial charge in [0.05, 0.1) is 7.11 Å².